The predicted octanol–water partition coefficient (Wildman–Crippen LogP) is 2.40. The summed E-state index contributed by atoms with van der Waals surface area (Å²) in [6, 6.07) is 6.01. The van der Waals surface area contributed by atoms with E-state index >= 15 is 0 Å². The summed E-state index contributed by atoms with van der Waals surface area (Å²) in [5, 5.41) is 12.0. The number of anilines is 1. The van der Waals surface area contributed by atoms with Crippen LogP contribution >= 0.6 is 15.9 Å². The average Bonchev–Trinajstić information content (AvgIpc) is 2.39. The van der Waals surface area contributed by atoms with E-state index in [1.807, 2.05) is 18.2 Å². The fourth-order valence-corrected chi connectivity index (χ4v) is 2.23. The standard InChI is InChI=1S/C13H20BrN3O2/c1-9(2)17(6-7-19-3)12-5-4-10(14)8-11(12)13(15)16-18/h4-5,8-9,18H,6-7H2,1-3H3,(H2,15,16). The smallest absolute Gasteiger partial charge is 0.172 e. The molecule has 1 rings (SSSR count). The normalized spacial score (nSPS) is 11.9. The van der Waals surface area contributed by atoms with E-state index in [2.05, 4.69) is 39.8 Å². The van der Waals surface area contributed by atoms with Crippen molar-refractivity contribution in [3.05, 3.63) is 28.2 Å². The van der Waals surface area contributed by atoms with E-state index in [9.17, 15) is 0 Å². The van der Waals surface area contributed by atoms with Crippen LogP contribution in [-0.2, 0) is 4.74 Å². The Morgan fingerprint density at radius 2 is 2.21 bits per heavy atom. The van der Waals surface area contributed by atoms with Gasteiger partial charge < -0.3 is 20.6 Å². The van der Waals surface area contributed by atoms with Crippen LogP contribution in [0.25, 0.3) is 0 Å². The zero-order valence-electron chi connectivity index (χ0n) is 11.4. The van der Waals surface area contributed by atoms with E-state index in [1.165, 1.54) is 0 Å². The quantitative estimate of drug-likeness (QED) is 0.364. The number of nitrogens with two attached hydrogens (primary N) is 1. The van der Waals surface area contributed by atoms with Gasteiger partial charge in [0.05, 0.1) is 6.61 Å². The lowest BCUT2D eigenvalue weighted by Gasteiger charge is -2.30. The molecular formula is C13H20BrN3O2. The maximum absolute atomic E-state index is 8.90. The Labute approximate surface area is 122 Å². The Bertz CT molecular complexity index is 450. The molecule has 0 spiro atoms. The molecule has 0 aromatic heterocycles. The molecule has 19 heavy (non-hydrogen) atoms. The molecule has 0 aliphatic rings. The summed E-state index contributed by atoms with van der Waals surface area (Å²) in [7, 11) is 1.67. The van der Waals surface area contributed by atoms with Gasteiger partial charge in [-0.2, -0.15) is 0 Å². The molecule has 0 radical (unpaired) electrons. The highest BCUT2D eigenvalue weighted by molar-refractivity contribution is 9.10. The Balaban J connectivity index is 3.21. The van der Waals surface area contributed by atoms with Crippen molar-refractivity contribution in [2.45, 2.75) is 19.9 Å². The molecule has 0 atom stereocenters. The number of ether oxygens (including phenoxy) is 1. The van der Waals surface area contributed by atoms with Gasteiger partial charge in [0.15, 0.2) is 5.84 Å². The minimum Gasteiger partial charge on any atom is -0.409 e. The Morgan fingerprint density at radius 1 is 1.53 bits per heavy atom. The third-order valence-electron chi connectivity index (χ3n) is 2.81. The largest absolute Gasteiger partial charge is 0.409 e. The maximum atomic E-state index is 8.90. The summed E-state index contributed by atoms with van der Waals surface area (Å²) >= 11 is 3.40. The Kier molecular flexibility index (Phi) is 6.11. The molecule has 106 valence electrons. The first-order valence-corrected chi connectivity index (χ1v) is 6.83. The van der Waals surface area contributed by atoms with Gasteiger partial charge in [0.2, 0.25) is 0 Å². The molecule has 6 heteroatoms. The molecule has 5 nitrogen and oxygen atoms in total. The second-order valence-corrected chi connectivity index (χ2v) is 5.34. The molecule has 0 aliphatic carbocycles. The third-order valence-corrected chi connectivity index (χ3v) is 3.30. The molecule has 0 fully saturated rings. The molecule has 0 heterocycles. The van der Waals surface area contributed by atoms with Crippen LogP contribution in [0.2, 0.25) is 0 Å². The van der Waals surface area contributed by atoms with Crippen molar-refractivity contribution in [1.82, 2.24) is 0 Å². The molecule has 0 bridgehead atoms. The number of methoxy groups -OCH3 is 1. The van der Waals surface area contributed by atoms with Crippen LogP contribution in [0.15, 0.2) is 27.8 Å². The van der Waals surface area contributed by atoms with Crippen molar-refractivity contribution in [3.8, 4) is 0 Å². The van der Waals surface area contributed by atoms with Crippen LogP contribution in [0.1, 0.15) is 19.4 Å². The number of hydrogen-bond donors (Lipinski definition) is 2. The fourth-order valence-electron chi connectivity index (χ4n) is 1.86. The molecule has 0 amide bonds. The number of hydrogen-bond acceptors (Lipinski definition) is 4. The van der Waals surface area contributed by atoms with Gasteiger partial charge in [-0.05, 0) is 32.0 Å². The monoisotopic (exact) mass is 329 g/mol. The van der Waals surface area contributed by atoms with Crippen LogP contribution in [0, 0.1) is 0 Å². The van der Waals surface area contributed by atoms with Gasteiger partial charge in [0.1, 0.15) is 0 Å². The summed E-state index contributed by atoms with van der Waals surface area (Å²) in [5.74, 6) is 0.0966. The van der Waals surface area contributed by atoms with Crippen molar-refractivity contribution < 1.29 is 9.94 Å². The molecule has 0 unspecified atom stereocenters. The van der Waals surface area contributed by atoms with E-state index in [4.69, 9.17) is 15.7 Å². The molecule has 0 saturated heterocycles. The Morgan fingerprint density at radius 3 is 2.74 bits per heavy atom. The van der Waals surface area contributed by atoms with Gasteiger partial charge in [-0.25, -0.2) is 0 Å². The van der Waals surface area contributed by atoms with Crippen molar-refractivity contribution in [2.75, 3.05) is 25.2 Å². The second-order valence-electron chi connectivity index (χ2n) is 4.43. The summed E-state index contributed by atoms with van der Waals surface area (Å²) in [6.45, 7) is 5.53. The van der Waals surface area contributed by atoms with Gasteiger partial charge >= 0.3 is 0 Å². The van der Waals surface area contributed by atoms with Crippen LogP contribution in [0.5, 0.6) is 0 Å². The lowest BCUT2D eigenvalue weighted by atomic mass is 10.1. The van der Waals surface area contributed by atoms with Crippen LogP contribution in [-0.4, -0.2) is 37.3 Å². The number of benzene rings is 1. The average molecular weight is 330 g/mol. The van der Waals surface area contributed by atoms with Crippen molar-refractivity contribution in [3.63, 3.8) is 0 Å². The minimum atomic E-state index is 0.0966. The highest BCUT2D eigenvalue weighted by atomic mass is 79.9. The molecule has 0 saturated carbocycles. The van der Waals surface area contributed by atoms with Gasteiger partial charge in [-0.3, -0.25) is 0 Å². The summed E-state index contributed by atoms with van der Waals surface area (Å²) in [4.78, 5) is 2.16. The first-order chi connectivity index (χ1) is 9.01. The van der Waals surface area contributed by atoms with Gasteiger partial charge in [0.25, 0.3) is 0 Å². The molecule has 1 aromatic rings. The third kappa shape index (κ3) is 4.11. The van der Waals surface area contributed by atoms with Crippen molar-refractivity contribution >= 4 is 27.5 Å². The van der Waals surface area contributed by atoms with Crippen LogP contribution in [0.3, 0.4) is 0 Å². The number of halogens is 1. The molecule has 0 aliphatic heterocycles. The number of amidine groups is 1. The van der Waals surface area contributed by atoms with E-state index in [0.717, 1.165) is 16.7 Å². The van der Waals surface area contributed by atoms with Gasteiger partial charge in [-0.15, -0.1) is 0 Å². The van der Waals surface area contributed by atoms with E-state index < -0.39 is 0 Å². The van der Waals surface area contributed by atoms with Crippen molar-refractivity contribution in [2.24, 2.45) is 10.9 Å². The second kappa shape index (κ2) is 7.35. The van der Waals surface area contributed by atoms with E-state index in [1.54, 1.807) is 7.11 Å². The van der Waals surface area contributed by atoms with Crippen LogP contribution in [0.4, 0.5) is 5.69 Å². The molecule has 1 aromatic carbocycles. The lowest BCUT2D eigenvalue weighted by molar-refractivity contribution is 0.204. The predicted molar refractivity (Wildman–Crippen MR) is 81.0 cm³/mol. The van der Waals surface area contributed by atoms with E-state index in [0.29, 0.717) is 12.2 Å². The SMILES string of the molecule is COCCN(c1ccc(Br)cc1/C(N)=N/O)C(C)C. The molecular weight excluding hydrogens is 310 g/mol. The maximum Gasteiger partial charge on any atom is 0.172 e. The number of oxime groups is 1. The highest BCUT2D eigenvalue weighted by Crippen LogP contribution is 2.26. The van der Waals surface area contributed by atoms with Crippen molar-refractivity contribution in [1.29, 1.82) is 0 Å². The zero-order chi connectivity index (χ0) is 14.4. The van der Waals surface area contributed by atoms with E-state index in [-0.39, 0.29) is 11.9 Å². The summed E-state index contributed by atoms with van der Waals surface area (Å²) in [5.41, 5.74) is 7.37. The fraction of sp³-hybridized carbons (Fsp3) is 0.462. The van der Waals surface area contributed by atoms with Gasteiger partial charge in [0, 0.05) is 35.4 Å². The first-order valence-electron chi connectivity index (χ1n) is 6.04. The number of rotatable bonds is 6. The minimum absolute atomic E-state index is 0.0966. The lowest BCUT2D eigenvalue weighted by Crippen LogP contribution is -2.35. The number of nitrogens with zero attached hydrogens (tertiary/aromatic N) is 2. The Hall–Kier alpha value is -1.27. The van der Waals surface area contributed by atoms with Crippen LogP contribution < -0.4 is 10.6 Å². The summed E-state index contributed by atoms with van der Waals surface area (Å²) in [6.07, 6.45) is 0. The zero-order valence-corrected chi connectivity index (χ0v) is 13.0. The summed E-state index contributed by atoms with van der Waals surface area (Å²) < 4.78 is 6.02. The first kappa shape index (κ1) is 15.8. The highest BCUT2D eigenvalue weighted by Gasteiger charge is 2.17. The molecule has 3 N–H and O–H groups in total. The van der Waals surface area contributed by atoms with Gasteiger partial charge in [-0.1, -0.05) is 21.1 Å². The topological polar surface area (TPSA) is 71.1 Å².